The third kappa shape index (κ3) is 1.91. The second kappa shape index (κ2) is 4.53. The molecule has 0 radical (unpaired) electrons. The van der Waals surface area contributed by atoms with Crippen LogP contribution in [0.2, 0.25) is 0 Å². The van der Waals surface area contributed by atoms with E-state index < -0.39 is 0 Å². The third-order valence-corrected chi connectivity index (χ3v) is 4.48. The Morgan fingerprint density at radius 3 is 2.68 bits per heavy atom. The van der Waals surface area contributed by atoms with Gasteiger partial charge in [-0.25, -0.2) is 0 Å². The van der Waals surface area contributed by atoms with Gasteiger partial charge in [0.05, 0.1) is 6.04 Å². The van der Waals surface area contributed by atoms with Crippen molar-refractivity contribution < 1.29 is 4.79 Å². The number of hydrogen-bond donors (Lipinski definition) is 1. The van der Waals surface area contributed by atoms with Crippen LogP contribution in [0.1, 0.15) is 31.3 Å². The first-order valence-corrected chi connectivity index (χ1v) is 6.96. The van der Waals surface area contributed by atoms with E-state index >= 15 is 0 Å². The topological polar surface area (TPSA) is 37.3 Å². The van der Waals surface area contributed by atoms with Crippen LogP contribution in [0.25, 0.3) is 0 Å². The molecule has 0 saturated carbocycles. The molecule has 1 unspecified atom stereocenters. The molecule has 1 aromatic rings. The molecule has 2 aliphatic rings. The molecule has 0 aromatic carbocycles. The zero-order chi connectivity index (χ0) is 13.6. The highest BCUT2D eigenvalue weighted by atomic mass is 16.2. The molecule has 19 heavy (non-hydrogen) atoms. The molecular formula is C15H21N3O. The minimum absolute atomic E-state index is 0.165. The number of hydrogen-bond acceptors (Lipinski definition) is 2. The summed E-state index contributed by atoms with van der Waals surface area (Å²) < 4.78 is 2.32. The summed E-state index contributed by atoms with van der Waals surface area (Å²) in [7, 11) is 0. The Morgan fingerprint density at radius 1 is 1.32 bits per heavy atom. The van der Waals surface area contributed by atoms with E-state index in [1.54, 1.807) is 0 Å². The average molecular weight is 259 g/mol. The van der Waals surface area contributed by atoms with Gasteiger partial charge in [-0.1, -0.05) is 0 Å². The van der Waals surface area contributed by atoms with Crippen molar-refractivity contribution in [2.24, 2.45) is 0 Å². The Kier molecular flexibility index (Phi) is 2.97. The Hall–Kier alpha value is -1.55. The highest BCUT2D eigenvalue weighted by molar-refractivity contribution is 5.94. The second-order valence-corrected chi connectivity index (χ2v) is 5.56. The maximum Gasteiger partial charge on any atom is 0.250 e. The van der Waals surface area contributed by atoms with Gasteiger partial charge < -0.3 is 14.8 Å². The molecule has 0 spiro atoms. The Morgan fingerprint density at radius 2 is 2.05 bits per heavy atom. The standard InChI is InChI=1S/C15H21N3O/c1-10-4-5-14-12(3)18(7-6-17(10)14)15(19)11(2)13-8-16-9-13/h4-5,12,16H,6-9H2,1-3H3. The summed E-state index contributed by atoms with van der Waals surface area (Å²) in [6.07, 6.45) is 0. The summed E-state index contributed by atoms with van der Waals surface area (Å²) in [4.78, 5) is 14.6. The first-order valence-electron chi connectivity index (χ1n) is 6.96. The molecule has 1 atom stereocenters. The second-order valence-electron chi connectivity index (χ2n) is 5.56. The molecule has 4 heteroatoms. The van der Waals surface area contributed by atoms with Gasteiger partial charge >= 0.3 is 0 Å². The van der Waals surface area contributed by atoms with Crippen molar-refractivity contribution in [1.82, 2.24) is 14.8 Å². The minimum Gasteiger partial charge on any atom is -0.345 e. The number of carbonyl (C=O) groups is 1. The van der Waals surface area contributed by atoms with Crippen molar-refractivity contribution in [1.29, 1.82) is 0 Å². The number of aromatic nitrogens is 1. The van der Waals surface area contributed by atoms with Gasteiger partial charge in [-0.15, -0.1) is 0 Å². The van der Waals surface area contributed by atoms with Crippen LogP contribution in [-0.2, 0) is 11.3 Å². The van der Waals surface area contributed by atoms with Crippen molar-refractivity contribution >= 4 is 5.91 Å². The molecule has 0 aliphatic carbocycles. The molecule has 1 aromatic heterocycles. The number of fused-ring (bicyclic) bond motifs is 1. The largest absolute Gasteiger partial charge is 0.345 e. The fourth-order valence-corrected chi connectivity index (χ4v) is 2.98. The van der Waals surface area contributed by atoms with Gasteiger partial charge in [-0.2, -0.15) is 0 Å². The Balaban J connectivity index is 1.86. The van der Waals surface area contributed by atoms with Crippen molar-refractivity contribution in [3.63, 3.8) is 0 Å². The van der Waals surface area contributed by atoms with E-state index in [1.807, 2.05) is 11.8 Å². The first kappa shape index (κ1) is 12.5. The lowest BCUT2D eigenvalue weighted by molar-refractivity contribution is -0.130. The zero-order valence-corrected chi connectivity index (χ0v) is 11.9. The molecule has 102 valence electrons. The Labute approximate surface area is 114 Å². The van der Waals surface area contributed by atoms with Crippen LogP contribution < -0.4 is 5.32 Å². The van der Waals surface area contributed by atoms with E-state index in [-0.39, 0.29) is 11.9 Å². The third-order valence-electron chi connectivity index (χ3n) is 4.48. The molecule has 1 fully saturated rings. The quantitative estimate of drug-likeness (QED) is 0.778. The molecule has 0 bridgehead atoms. The lowest BCUT2D eigenvalue weighted by Crippen LogP contribution is -2.43. The smallest absolute Gasteiger partial charge is 0.250 e. The molecule has 4 nitrogen and oxygen atoms in total. The van der Waals surface area contributed by atoms with Gasteiger partial charge in [0.15, 0.2) is 0 Å². The SMILES string of the molecule is CC(C(=O)N1CCn2c(C)ccc2C1C)=C1CNC1. The summed E-state index contributed by atoms with van der Waals surface area (Å²) in [5, 5.41) is 3.20. The highest BCUT2D eigenvalue weighted by Gasteiger charge is 2.30. The van der Waals surface area contributed by atoms with Gasteiger partial charge in [-0.3, -0.25) is 4.79 Å². The maximum atomic E-state index is 12.6. The monoisotopic (exact) mass is 259 g/mol. The number of amides is 1. The van der Waals surface area contributed by atoms with Gasteiger partial charge in [0, 0.05) is 43.1 Å². The summed E-state index contributed by atoms with van der Waals surface area (Å²) >= 11 is 0. The normalized spacial score (nSPS) is 21.9. The van der Waals surface area contributed by atoms with E-state index in [2.05, 4.69) is 35.9 Å². The van der Waals surface area contributed by atoms with E-state index in [0.29, 0.717) is 0 Å². The van der Waals surface area contributed by atoms with Gasteiger partial charge in [0.2, 0.25) is 5.91 Å². The van der Waals surface area contributed by atoms with E-state index in [9.17, 15) is 4.79 Å². The van der Waals surface area contributed by atoms with Crippen LogP contribution in [0.15, 0.2) is 23.3 Å². The Bertz CT molecular complexity index is 550. The molecule has 3 rings (SSSR count). The molecule has 1 saturated heterocycles. The lowest BCUT2D eigenvalue weighted by Gasteiger charge is -2.36. The van der Waals surface area contributed by atoms with Crippen LogP contribution in [0.3, 0.4) is 0 Å². The van der Waals surface area contributed by atoms with Crippen molar-refractivity contribution in [3.8, 4) is 0 Å². The summed E-state index contributed by atoms with van der Waals surface area (Å²) in [5.74, 6) is 0.203. The fourth-order valence-electron chi connectivity index (χ4n) is 2.98. The van der Waals surface area contributed by atoms with Crippen LogP contribution in [-0.4, -0.2) is 35.0 Å². The van der Waals surface area contributed by atoms with Crippen molar-refractivity contribution in [3.05, 3.63) is 34.7 Å². The highest BCUT2D eigenvalue weighted by Crippen LogP contribution is 2.28. The van der Waals surface area contributed by atoms with E-state index in [0.717, 1.165) is 31.8 Å². The van der Waals surface area contributed by atoms with Gasteiger partial charge in [-0.05, 0) is 38.5 Å². The summed E-state index contributed by atoms with van der Waals surface area (Å²) in [6, 6.07) is 4.45. The predicted octanol–water partition coefficient (Wildman–Crippen LogP) is 1.62. The first-order chi connectivity index (χ1) is 9.09. The molecule has 3 heterocycles. The maximum absolute atomic E-state index is 12.6. The van der Waals surface area contributed by atoms with Crippen LogP contribution in [0, 0.1) is 6.92 Å². The molecule has 2 aliphatic heterocycles. The van der Waals surface area contributed by atoms with Crippen molar-refractivity contribution in [2.45, 2.75) is 33.4 Å². The van der Waals surface area contributed by atoms with Crippen LogP contribution in [0.5, 0.6) is 0 Å². The van der Waals surface area contributed by atoms with Gasteiger partial charge in [0.1, 0.15) is 0 Å². The van der Waals surface area contributed by atoms with Crippen LogP contribution >= 0.6 is 0 Å². The van der Waals surface area contributed by atoms with Crippen molar-refractivity contribution in [2.75, 3.05) is 19.6 Å². The lowest BCUT2D eigenvalue weighted by atomic mass is 10.0. The number of aryl methyl sites for hydroxylation is 1. The van der Waals surface area contributed by atoms with Crippen LogP contribution in [0.4, 0.5) is 0 Å². The predicted molar refractivity (Wildman–Crippen MR) is 74.9 cm³/mol. The van der Waals surface area contributed by atoms with Gasteiger partial charge in [0.25, 0.3) is 0 Å². The zero-order valence-electron chi connectivity index (χ0n) is 11.9. The summed E-state index contributed by atoms with van der Waals surface area (Å²) in [5.41, 5.74) is 4.73. The molecular weight excluding hydrogens is 238 g/mol. The van der Waals surface area contributed by atoms with E-state index in [1.165, 1.54) is 17.0 Å². The molecule has 1 N–H and O–H groups in total. The van der Waals surface area contributed by atoms with E-state index in [4.69, 9.17) is 0 Å². The number of nitrogens with zero attached hydrogens (tertiary/aromatic N) is 2. The minimum atomic E-state index is 0.165. The number of carbonyl (C=O) groups excluding carboxylic acids is 1. The average Bonchev–Trinajstić information content (AvgIpc) is 2.69. The molecule has 1 amide bonds. The summed E-state index contributed by atoms with van der Waals surface area (Å²) in [6.45, 7) is 9.67. The fraction of sp³-hybridized carbons (Fsp3) is 0.533. The number of nitrogens with one attached hydrogen (secondary N) is 1. The number of rotatable bonds is 1.